The van der Waals surface area contributed by atoms with Crippen molar-refractivity contribution in [2.45, 2.75) is 37.5 Å². The lowest BCUT2D eigenvalue weighted by atomic mass is 9.75. The van der Waals surface area contributed by atoms with Gasteiger partial charge in [0.05, 0.1) is 0 Å². The first-order valence-corrected chi connectivity index (χ1v) is 13.7. The molecule has 1 aliphatic rings. The fraction of sp³-hybridized carbons (Fsp3) is 0.167. The number of para-hydroxylation sites is 1. The van der Waals surface area contributed by atoms with E-state index in [0.29, 0.717) is 11.8 Å². The Morgan fingerprint density at radius 1 is 0.526 bits per heavy atom. The third-order valence-electron chi connectivity index (χ3n) is 8.21. The first-order chi connectivity index (χ1) is 18.8. The van der Waals surface area contributed by atoms with Crippen molar-refractivity contribution in [3.8, 4) is 11.1 Å². The topological polar surface area (TPSA) is 25.2 Å². The molecule has 0 radical (unpaired) electrons. The lowest BCUT2D eigenvalue weighted by Gasteiger charge is -2.30. The summed E-state index contributed by atoms with van der Waals surface area (Å²) in [7, 11) is 0. The number of benzene rings is 5. The molecule has 0 bridgehead atoms. The normalized spacial score (nSPS) is 17.6. The van der Waals surface area contributed by atoms with Crippen molar-refractivity contribution in [3.05, 3.63) is 132 Å². The maximum Gasteiger partial charge on any atom is 0.135 e. The molecule has 5 aromatic carbocycles. The zero-order chi connectivity index (χ0) is 25.3. The van der Waals surface area contributed by atoms with Crippen molar-refractivity contribution in [2.75, 3.05) is 5.32 Å². The average Bonchev–Trinajstić information content (AvgIpc) is 3.37. The molecule has 38 heavy (non-hydrogen) atoms. The first-order valence-electron chi connectivity index (χ1n) is 13.7. The lowest BCUT2D eigenvalue weighted by Crippen LogP contribution is -2.13. The Morgan fingerprint density at radius 3 is 1.89 bits per heavy atom. The number of furan rings is 1. The number of nitrogens with one attached hydrogen (secondary N) is 1. The van der Waals surface area contributed by atoms with Crippen LogP contribution >= 0.6 is 0 Å². The van der Waals surface area contributed by atoms with Crippen LogP contribution in [0.25, 0.3) is 33.1 Å². The predicted molar refractivity (Wildman–Crippen MR) is 159 cm³/mol. The van der Waals surface area contributed by atoms with Crippen molar-refractivity contribution in [1.82, 2.24) is 0 Å². The molecular formula is C36H31NO. The van der Waals surface area contributed by atoms with E-state index in [4.69, 9.17) is 4.42 Å². The molecule has 1 fully saturated rings. The van der Waals surface area contributed by atoms with Gasteiger partial charge in [-0.3, -0.25) is 0 Å². The highest BCUT2D eigenvalue weighted by Gasteiger charge is 2.24. The van der Waals surface area contributed by atoms with Crippen LogP contribution in [-0.2, 0) is 0 Å². The third kappa shape index (κ3) is 4.48. The van der Waals surface area contributed by atoms with Crippen LogP contribution in [0.3, 0.4) is 0 Å². The molecule has 2 unspecified atom stereocenters. The van der Waals surface area contributed by atoms with Crippen LogP contribution in [0.15, 0.2) is 126 Å². The first kappa shape index (κ1) is 22.9. The van der Waals surface area contributed by atoms with E-state index in [9.17, 15) is 0 Å². The van der Waals surface area contributed by atoms with Crippen LogP contribution in [0, 0.1) is 0 Å². The van der Waals surface area contributed by atoms with Gasteiger partial charge in [-0.15, -0.1) is 0 Å². The summed E-state index contributed by atoms with van der Waals surface area (Å²) in [5.74, 6) is 1.33. The summed E-state index contributed by atoms with van der Waals surface area (Å²) in [6, 6.07) is 43.5. The standard InChI is InChI=1S/C36H31NO/c1-2-7-25(8-3-1)28-9-6-10-29(23-28)26-13-18-31(19-14-26)37-32-20-15-27(16-21-32)30-17-22-36-34(24-30)33-11-4-5-12-35(33)38-36/h1-5,7-8,11-22,24,28-29,37H,6,9-10,23H2. The molecule has 1 aliphatic carbocycles. The molecule has 0 saturated heterocycles. The molecule has 0 spiro atoms. The van der Waals surface area contributed by atoms with Gasteiger partial charge in [0.2, 0.25) is 0 Å². The minimum Gasteiger partial charge on any atom is -0.456 e. The Balaban J connectivity index is 1.04. The summed E-state index contributed by atoms with van der Waals surface area (Å²) < 4.78 is 5.99. The average molecular weight is 494 g/mol. The Labute approximate surface area is 223 Å². The number of rotatable bonds is 5. The van der Waals surface area contributed by atoms with Gasteiger partial charge < -0.3 is 9.73 Å². The van der Waals surface area contributed by atoms with Gasteiger partial charge in [-0.25, -0.2) is 0 Å². The van der Waals surface area contributed by atoms with E-state index in [0.717, 1.165) is 33.3 Å². The monoisotopic (exact) mass is 493 g/mol. The molecule has 2 nitrogen and oxygen atoms in total. The Kier molecular flexibility index (Phi) is 5.94. The molecule has 2 heteroatoms. The van der Waals surface area contributed by atoms with E-state index in [2.05, 4.69) is 115 Å². The van der Waals surface area contributed by atoms with Gasteiger partial charge in [0, 0.05) is 22.1 Å². The molecule has 186 valence electrons. The van der Waals surface area contributed by atoms with Crippen LogP contribution in [0.4, 0.5) is 11.4 Å². The van der Waals surface area contributed by atoms with Crippen molar-refractivity contribution < 1.29 is 4.42 Å². The molecule has 1 aromatic heterocycles. The fourth-order valence-corrected chi connectivity index (χ4v) is 6.18. The predicted octanol–water partition coefficient (Wildman–Crippen LogP) is 10.4. The Hall–Kier alpha value is -4.30. The van der Waals surface area contributed by atoms with Crippen LogP contribution in [0.2, 0.25) is 0 Å². The number of hydrogen-bond acceptors (Lipinski definition) is 2. The minimum atomic E-state index is 0.645. The smallest absolute Gasteiger partial charge is 0.135 e. The van der Waals surface area contributed by atoms with Crippen LogP contribution in [-0.4, -0.2) is 0 Å². The molecule has 0 aliphatic heterocycles. The molecule has 6 aromatic rings. The third-order valence-corrected chi connectivity index (χ3v) is 8.21. The molecule has 1 heterocycles. The summed E-state index contributed by atoms with van der Waals surface area (Å²) in [6.07, 6.45) is 5.15. The van der Waals surface area contributed by atoms with Crippen LogP contribution < -0.4 is 5.32 Å². The van der Waals surface area contributed by atoms with Crippen molar-refractivity contribution >= 4 is 33.3 Å². The molecule has 7 rings (SSSR count). The highest BCUT2D eigenvalue weighted by molar-refractivity contribution is 6.06. The van der Waals surface area contributed by atoms with Gasteiger partial charge in [0.15, 0.2) is 0 Å². The fourth-order valence-electron chi connectivity index (χ4n) is 6.18. The van der Waals surface area contributed by atoms with Crippen molar-refractivity contribution in [3.63, 3.8) is 0 Å². The van der Waals surface area contributed by atoms with Gasteiger partial charge in [-0.05, 0) is 95.8 Å². The van der Waals surface area contributed by atoms with Crippen molar-refractivity contribution in [1.29, 1.82) is 0 Å². The second-order valence-electron chi connectivity index (χ2n) is 10.6. The number of hydrogen-bond donors (Lipinski definition) is 1. The van der Waals surface area contributed by atoms with Crippen LogP contribution in [0.5, 0.6) is 0 Å². The molecule has 2 atom stereocenters. The molecule has 0 amide bonds. The van der Waals surface area contributed by atoms with E-state index in [1.54, 1.807) is 0 Å². The summed E-state index contributed by atoms with van der Waals surface area (Å²) in [6.45, 7) is 0. The Bertz CT molecular complexity index is 1680. The molecule has 1 N–H and O–H groups in total. The summed E-state index contributed by atoms with van der Waals surface area (Å²) in [5, 5.41) is 5.90. The summed E-state index contributed by atoms with van der Waals surface area (Å²) >= 11 is 0. The zero-order valence-corrected chi connectivity index (χ0v) is 21.4. The van der Waals surface area contributed by atoms with Gasteiger partial charge >= 0.3 is 0 Å². The second kappa shape index (κ2) is 9.87. The number of anilines is 2. The quantitative estimate of drug-likeness (QED) is 0.258. The van der Waals surface area contributed by atoms with Gasteiger partial charge in [-0.2, -0.15) is 0 Å². The maximum absolute atomic E-state index is 5.99. The highest BCUT2D eigenvalue weighted by Crippen LogP contribution is 2.41. The second-order valence-corrected chi connectivity index (χ2v) is 10.6. The van der Waals surface area contributed by atoms with Gasteiger partial charge in [-0.1, -0.05) is 85.3 Å². The molecular weight excluding hydrogens is 462 g/mol. The maximum atomic E-state index is 5.99. The lowest BCUT2D eigenvalue weighted by molar-refractivity contribution is 0.394. The van der Waals surface area contributed by atoms with Crippen LogP contribution in [0.1, 0.15) is 48.6 Å². The van der Waals surface area contributed by atoms with Crippen molar-refractivity contribution in [2.24, 2.45) is 0 Å². The number of fused-ring (bicyclic) bond motifs is 3. The zero-order valence-electron chi connectivity index (χ0n) is 21.4. The highest BCUT2D eigenvalue weighted by atomic mass is 16.3. The van der Waals surface area contributed by atoms with Gasteiger partial charge in [0.25, 0.3) is 0 Å². The van der Waals surface area contributed by atoms with E-state index in [1.165, 1.54) is 47.9 Å². The summed E-state index contributed by atoms with van der Waals surface area (Å²) in [4.78, 5) is 0. The minimum absolute atomic E-state index is 0.645. The summed E-state index contributed by atoms with van der Waals surface area (Å²) in [5.41, 5.74) is 9.45. The SMILES string of the molecule is c1ccc(C2CCCC(c3ccc(Nc4ccc(-c5ccc6oc7ccccc7c6c5)cc4)cc3)C2)cc1. The van der Waals surface area contributed by atoms with E-state index in [1.807, 2.05) is 12.1 Å². The largest absolute Gasteiger partial charge is 0.456 e. The Morgan fingerprint density at radius 2 is 1.13 bits per heavy atom. The van der Waals surface area contributed by atoms with E-state index >= 15 is 0 Å². The van der Waals surface area contributed by atoms with Gasteiger partial charge in [0.1, 0.15) is 11.2 Å². The van der Waals surface area contributed by atoms with E-state index in [-0.39, 0.29) is 0 Å². The van der Waals surface area contributed by atoms with E-state index < -0.39 is 0 Å². The molecule has 1 saturated carbocycles.